The average molecular weight is 401 g/mol. The van der Waals surface area contributed by atoms with E-state index in [1.807, 2.05) is 29.2 Å². The summed E-state index contributed by atoms with van der Waals surface area (Å²) in [5, 5.41) is 2.59. The monoisotopic (exact) mass is 400 g/mol. The summed E-state index contributed by atoms with van der Waals surface area (Å²) < 4.78 is 0. The third kappa shape index (κ3) is 4.77. The number of nitrogens with zero attached hydrogens (tertiary/aromatic N) is 2. The van der Waals surface area contributed by atoms with Crippen LogP contribution in [0.25, 0.3) is 10.8 Å². The lowest BCUT2D eigenvalue weighted by Gasteiger charge is -2.35. The van der Waals surface area contributed by atoms with Gasteiger partial charge >= 0.3 is 0 Å². The SMILES string of the molecule is CC(=O)c1ccc(CCC(=O)N2CCN(Cc3cccc4ccccc34)CC2)cc1. The summed E-state index contributed by atoms with van der Waals surface area (Å²) in [7, 11) is 0. The van der Waals surface area contributed by atoms with Gasteiger partial charge in [-0.05, 0) is 35.2 Å². The molecule has 0 radical (unpaired) electrons. The Morgan fingerprint density at radius 2 is 1.53 bits per heavy atom. The molecule has 3 aromatic carbocycles. The fourth-order valence-corrected chi connectivity index (χ4v) is 4.14. The van der Waals surface area contributed by atoms with E-state index in [0.29, 0.717) is 18.4 Å². The molecule has 4 nitrogen and oxygen atoms in total. The first-order chi connectivity index (χ1) is 14.6. The average Bonchev–Trinajstić information content (AvgIpc) is 2.78. The van der Waals surface area contributed by atoms with Gasteiger partial charge in [-0.1, -0.05) is 66.7 Å². The number of piperazine rings is 1. The molecule has 4 heteroatoms. The maximum Gasteiger partial charge on any atom is 0.222 e. The van der Waals surface area contributed by atoms with Crippen LogP contribution in [0, 0.1) is 0 Å². The van der Waals surface area contributed by atoms with Crippen LogP contribution < -0.4 is 0 Å². The highest BCUT2D eigenvalue weighted by Gasteiger charge is 2.21. The van der Waals surface area contributed by atoms with Gasteiger partial charge in [0.15, 0.2) is 5.78 Å². The van der Waals surface area contributed by atoms with Crippen molar-refractivity contribution in [1.29, 1.82) is 0 Å². The molecular weight excluding hydrogens is 372 g/mol. The molecule has 3 aromatic rings. The van der Waals surface area contributed by atoms with Crippen LogP contribution in [0.1, 0.15) is 34.8 Å². The van der Waals surface area contributed by atoms with Gasteiger partial charge in [0.1, 0.15) is 0 Å². The lowest BCUT2D eigenvalue weighted by atomic mass is 10.0. The van der Waals surface area contributed by atoms with Crippen LogP contribution >= 0.6 is 0 Å². The fraction of sp³-hybridized carbons (Fsp3) is 0.308. The molecule has 1 saturated heterocycles. The van der Waals surface area contributed by atoms with E-state index in [1.165, 1.54) is 16.3 Å². The maximum atomic E-state index is 12.6. The van der Waals surface area contributed by atoms with E-state index >= 15 is 0 Å². The highest BCUT2D eigenvalue weighted by atomic mass is 16.2. The maximum absolute atomic E-state index is 12.6. The normalized spacial score (nSPS) is 14.8. The van der Waals surface area contributed by atoms with E-state index in [-0.39, 0.29) is 11.7 Å². The van der Waals surface area contributed by atoms with Crippen molar-refractivity contribution in [3.05, 3.63) is 83.4 Å². The summed E-state index contributed by atoms with van der Waals surface area (Å²) in [6.07, 6.45) is 1.23. The Balaban J connectivity index is 1.27. The molecule has 0 atom stereocenters. The highest BCUT2D eigenvalue weighted by molar-refractivity contribution is 5.94. The molecule has 1 aliphatic heterocycles. The fourth-order valence-electron chi connectivity index (χ4n) is 4.14. The van der Waals surface area contributed by atoms with Crippen LogP contribution in [0.4, 0.5) is 0 Å². The minimum Gasteiger partial charge on any atom is -0.340 e. The molecule has 0 unspecified atom stereocenters. The highest BCUT2D eigenvalue weighted by Crippen LogP contribution is 2.20. The molecule has 1 amide bonds. The Labute approximate surface area is 178 Å². The van der Waals surface area contributed by atoms with E-state index in [9.17, 15) is 9.59 Å². The molecular formula is C26H28N2O2. The Morgan fingerprint density at radius 1 is 0.833 bits per heavy atom. The molecule has 0 aliphatic carbocycles. The quantitative estimate of drug-likeness (QED) is 0.579. The zero-order chi connectivity index (χ0) is 20.9. The van der Waals surface area contributed by atoms with Crippen molar-refractivity contribution in [2.45, 2.75) is 26.3 Å². The largest absolute Gasteiger partial charge is 0.340 e. The number of amides is 1. The summed E-state index contributed by atoms with van der Waals surface area (Å²) in [6.45, 7) is 5.87. The summed E-state index contributed by atoms with van der Waals surface area (Å²) >= 11 is 0. The van der Waals surface area contributed by atoms with Crippen LogP contribution in [-0.2, 0) is 17.8 Å². The van der Waals surface area contributed by atoms with E-state index in [4.69, 9.17) is 0 Å². The molecule has 30 heavy (non-hydrogen) atoms. The number of benzene rings is 3. The minimum absolute atomic E-state index is 0.0685. The van der Waals surface area contributed by atoms with Crippen molar-refractivity contribution in [2.24, 2.45) is 0 Å². The number of carbonyl (C=O) groups is 2. The van der Waals surface area contributed by atoms with E-state index in [0.717, 1.165) is 38.3 Å². The second-order valence-electron chi connectivity index (χ2n) is 8.05. The third-order valence-electron chi connectivity index (χ3n) is 5.99. The summed E-state index contributed by atoms with van der Waals surface area (Å²) in [4.78, 5) is 28.4. The third-order valence-corrected chi connectivity index (χ3v) is 5.99. The number of carbonyl (C=O) groups excluding carboxylic acids is 2. The van der Waals surface area contributed by atoms with Crippen molar-refractivity contribution in [3.8, 4) is 0 Å². The first-order valence-electron chi connectivity index (χ1n) is 10.7. The lowest BCUT2D eigenvalue weighted by Crippen LogP contribution is -2.48. The van der Waals surface area contributed by atoms with Gasteiger partial charge in [0, 0.05) is 44.7 Å². The smallest absolute Gasteiger partial charge is 0.222 e. The molecule has 4 rings (SSSR count). The predicted octanol–water partition coefficient (Wildman–Crippen LogP) is 4.32. The van der Waals surface area contributed by atoms with Crippen LogP contribution in [0.5, 0.6) is 0 Å². The van der Waals surface area contributed by atoms with Gasteiger partial charge in [-0.25, -0.2) is 0 Å². The minimum atomic E-state index is 0.0685. The van der Waals surface area contributed by atoms with Crippen molar-refractivity contribution in [2.75, 3.05) is 26.2 Å². The number of fused-ring (bicyclic) bond motifs is 1. The Morgan fingerprint density at radius 3 is 2.27 bits per heavy atom. The molecule has 154 valence electrons. The van der Waals surface area contributed by atoms with Crippen LogP contribution in [0.2, 0.25) is 0 Å². The molecule has 0 aromatic heterocycles. The van der Waals surface area contributed by atoms with Gasteiger partial charge in [-0.3, -0.25) is 14.5 Å². The topological polar surface area (TPSA) is 40.6 Å². The number of hydrogen-bond donors (Lipinski definition) is 0. The zero-order valence-corrected chi connectivity index (χ0v) is 17.5. The van der Waals surface area contributed by atoms with Gasteiger partial charge < -0.3 is 4.90 Å². The summed E-state index contributed by atoms with van der Waals surface area (Å²) in [5.74, 6) is 0.287. The van der Waals surface area contributed by atoms with Gasteiger partial charge in [0.05, 0.1) is 0 Å². The standard InChI is InChI=1S/C26H28N2O2/c1-20(29)22-12-9-21(10-13-22)11-14-26(30)28-17-15-27(16-18-28)19-24-7-4-6-23-5-2-3-8-25(23)24/h2-10,12-13H,11,14-19H2,1H3. The number of Topliss-reactive ketones (excluding diaryl/α,β-unsaturated/α-hetero) is 1. The van der Waals surface area contributed by atoms with Gasteiger partial charge in [0.25, 0.3) is 0 Å². The van der Waals surface area contributed by atoms with E-state index in [1.54, 1.807) is 6.92 Å². The van der Waals surface area contributed by atoms with E-state index in [2.05, 4.69) is 47.4 Å². The number of aryl methyl sites for hydroxylation is 1. The van der Waals surface area contributed by atoms with E-state index < -0.39 is 0 Å². The Kier molecular flexibility index (Phi) is 6.24. The van der Waals surface area contributed by atoms with Crippen molar-refractivity contribution >= 4 is 22.5 Å². The van der Waals surface area contributed by atoms with Crippen molar-refractivity contribution < 1.29 is 9.59 Å². The summed E-state index contributed by atoms with van der Waals surface area (Å²) in [5.41, 5.74) is 3.16. The lowest BCUT2D eigenvalue weighted by molar-refractivity contribution is -0.133. The summed E-state index contributed by atoms with van der Waals surface area (Å²) in [6, 6.07) is 22.6. The second kappa shape index (κ2) is 9.23. The molecule has 0 N–H and O–H groups in total. The number of ketones is 1. The predicted molar refractivity (Wildman–Crippen MR) is 121 cm³/mol. The Hall–Kier alpha value is -2.98. The van der Waals surface area contributed by atoms with Gasteiger partial charge in [-0.15, -0.1) is 0 Å². The number of hydrogen-bond acceptors (Lipinski definition) is 3. The molecule has 0 saturated carbocycles. The van der Waals surface area contributed by atoms with Crippen molar-refractivity contribution in [3.63, 3.8) is 0 Å². The molecule has 1 fully saturated rings. The first-order valence-corrected chi connectivity index (χ1v) is 10.7. The van der Waals surface area contributed by atoms with Crippen LogP contribution in [-0.4, -0.2) is 47.7 Å². The van der Waals surface area contributed by atoms with Crippen LogP contribution in [0.3, 0.4) is 0 Å². The Bertz CT molecular complexity index is 1030. The molecule has 1 aliphatic rings. The molecule has 0 bridgehead atoms. The first kappa shape index (κ1) is 20.3. The van der Waals surface area contributed by atoms with Crippen molar-refractivity contribution in [1.82, 2.24) is 9.80 Å². The molecule has 0 spiro atoms. The van der Waals surface area contributed by atoms with Gasteiger partial charge in [0.2, 0.25) is 5.91 Å². The van der Waals surface area contributed by atoms with Gasteiger partial charge in [-0.2, -0.15) is 0 Å². The zero-order valence-electron chi connectivity index (χ0n) is 17.5. The second-order valence-corrected chi connectivity index (χ2v) is 8.05. The molecule has 1 heterocycles. The number of rotatable bonds is 6. The van der Waals surface area contributed by atoms with Crippen LogP contribution in [0.15, 0.2) is 66.7 Å².